The minimum atomic E-state index is -0.787. The van der Waals surface area contributed by atoms with E-state index in [1.807, 2.05) is 37.3 Å². The summed E-state index contributed by atoms with van der Waals surface area (Å²) in [4.78, 5) is 30.1. The van der Waals surface area contributed by atoms with Crippen LogP contribution in [0.1, 0.15) is 54.1 Å². The van der Waals surface area contributed by atoms with Gasteiger partial charge in [0, 0.05) is 31.4 Å². The van der Waals surface area contributed by atoms with Crippen LogP contribution in [0.4, 0.5) is 4.39 Å². The molecular weight excluding hydrogens is 395 g/mol. The Morgan fingerprint density at radius 2 is 1.97 bits per heavy atom. The largest absolute Gasteiger partial charge is 0.366 e. The summed E-state index contributed by atoms with van der Waals surface area (Å²) in [6, 6.07) is 8.32. The average Bonchev–Trinajstić information content (AvgIpc) is 2.70. The van der Waals surface area contributed by atoms with E-state index < -0.39 is 11.7 Å². The van der Waals surface area contributed by atoms with Gasteiger partial charge in [0.15, 0.2) is 0 Å². The van der Waals surface area contributed by atoms with E-state index in [1.165, 1.54) is 12.1 Å². The summed E-state index contributed by atoms with van der Waals surface area (Å²) in [7, 11) is 3.84. The Bertz CT molecular complexity index is 871. The van der Waals surface area contributed by atoms with Crippen molar-refractivity contribution in [3.8, 4) is 0 Å². The number of halogens is 1. The molecule has 0 unspecified atom stereocenters. The van der Waals surface area contributed by atoms with Crippen LogP contribution in [0.15, 0.2) is 42.7 Å². The van der Waals surface area contributed by atoms with Gasteiger partial charge in [0.05, 0.1) is 5.56 Å². The van der Waals surface area contributed by atoms with E-state index >= 15 is 0 Å². The van der Waals surface area contributed by atoms with Crippen LogP contribution in [0.5, 0.6) is 0 Å². The maximum absolute atomic E-state index is 14.1. The number of hydrogen-bond acceptors (Lipinski definition) is 4. The highest BCUT2D eigenvalue weighted by molar-refractivity contribution is 5.93. The molecule has 2 rings (SSSR count). The van der Waals surface area contributed by atoms with Gasteiger partial charge in [-0.05, 0) is 68.1 Å². The second-order valence-electron chi connectivity index (χ2n) is 8.62. The lowest BCUT2D eigenvalue weighted by molar-refractivity contribution is -0.121. The lowest BCUT2D eigenvalue weighted by Crippen LogP contribution is -2.42. The number of aromatic nitrogens is 1. The second kappa shape index (κ2) is 11.6. The number of pyridine rings is 1. The number of likely N-dealkylation sites (N-methyl/N-ethyl adjacent to an activating group) is 1. The number of rotatable bonds is 11. The number of carbonyl (C=O) groups is 2. The van der Waals surface area contributed by atoms with E-state index in [9.17, 15) is 14.0 Å². The molecule has 2 atom stereocenters. The predicted molar refractivity (Wildman–Crippen MR) is 120 cm³/mol. The standard InChI is InChI=1S/C24H33FN4O2/c1-16(2)10-19(18-6-5-9-27-14-18)13-23(30)28-15-20(29(3)4)11-17-7-8-21(24(26)31)22(25)12-17/h5-9,12,14,16,19-20H,10-11,13,15H2,1-4H3,(H2,26,31)(H,28,30)/t19-,20+/m1/s1. The highest BCUT2D eigenvalue weighted by atomic mass is 19.1. The number of hydrogen-bond donors (Lipinski definition) is 2. The quantitative estimate of drug-likeness (QED) is 0.576. The van der Waals surface area contributed by atoms with Crippen LogP contribution in [-0.2, 0) is 11.2 Å². The van der Waals surface area contributed by atoms with E-state index in [1.54, 1.807) is 12.3 Å². The Labute approximate surface area is 184 Å². The van der Waals surface area contributed by atoms with Crippen molar-refractivity contribution in [2.45, 2.75) is 45.1 Å². The molecule has 1 aromatic carbocycles. The molecule has 0 saturated heterocycles. The maximum atomic E-state index is 14.1. The van der Waals surface area contributed by atoms with Gasteiger partial charge in [-0.15, -0.1) is 0 Å². The highest BCUT2D eigenvalue weighted by Crippen LogP contribution is 2.26. The van der Waals surface area contributed by atoms with E-state index in [4.69, 9.17) is 5.73 Å². The molecular formula is C24H33FN4O2. The first-order chi connectivity index (χ1) is 14.7. The third-order valence-corrected chi connectivity index (χ3v) is 5.38. The average molecular weight is 429 g/mol. The number of nitrogens with one attached hydrogen (secondary N) is 1. The van der Waals surface area contributed by atoms with E-state index in [2.05, 4.69) is 24.1 Å². The van der Waals surface area contributed by atoms with Gasteiger partial charge < -0.3 is 16.0 Å². The maximum Gasteiger partial charge on any atom is 0.251 e. The number of benzene rings is 1. The Morgan fingerprint density at radius 1 is 1.23 bits per heavy atom. The molecule has 2 amide bonds. The molecule has 3 N–H and O–H groups in total. The summed E-state index contributed by atoms with van der Waals surface area (Å²) < 4.78 is 14.1. The molecule has 6 nitrogen and oxygen atoms in total. The number of nitrogens with zero attached hydrogens (tertiary/aromatic N) is 2. The minimum Gasteiger partial charge on any atom is -0.366 e. The molecule has 1 aromatic heterocycles. The van der Waals surface area contributed by atoms with Crippen molar-refractivity contribution in [3.05, 3.63) is 65.2 Å². The van der Waals surface area contributed by atoms with Gasteiger partial charge in [-0.25, -0.2) is 4.39 Å². The number of primary amides is 1. The fourth-order valence-electron chi connectivity index (χ4n) is 3.65. The van der Waals surface area contributed by atoms with Gasteiger partial charge in [-0.2, -0.15) is 0 Å². The summed E-state index contributed by atoms with van der Waals surface area (Å²) in [5.74, 6) is -0.853. The molecule has 0 fully saturated rings. The zero-order valence-corrected chi connectivity index (χ0v) is 18.8. The highest BCUT2D eigenvalue weighted by Gasteiger charge is 2.20. The Hall–Kier alpha value is -2.80. The van der Waals surface area contributed by atoms with Crippen LogP contribution in [0.2, 0.25) is 0 Å². The molecule has 0 spiro atoms. The lowest BCUT2D eigenvalue weighted by Gasteiger charge is -2.26. The first-order valence-corrected chi connectivity index (χ1v) is 10.6. The lowest BCUT2D eigenvalue weighted by atomic mass is 9.88. The van der Waals surface area contributed by atoms with Crippen LogP contribution < -0.4 is 11.1 Å². The monoisotopic (exact) mass is 428 g/mol. The van der Waals surface area contributed by atoms with E-state index in [0.717, 1.165) is 17.5 Å². The number of nitrogens with two attached hydrogens (primary N) is 1. The minimum absolute atomic E-state index is 0.0170. The van der Waals surface area contributed by atoms with Crippen molar-refractivity contribution in [2.24, 2.45) is 11.7 Å². The van der Waals surface area contributed by atoms with Crippen molar-refractivity contribution in [1.29, 1.82) is 0 Å². The van der Waals surface area contributed by atoms with Crippen LogP contribution in [0, 0.1) is 11.7 Å². The molecule has 31 heavy (non-hydrogen) atoms. The number of amides is 2. The molecule has 0 bridgehead atoms. The molecule has 0 aliphatic carbocycles. The molecule has 0 saturated carbocycles. The fraction of sp³-hybridized carbons (Fsp3) is 0.458. The SMILES string of the molecule is CC(C)C[C@H](CC(=O)NC[C@H](Cc1ccc(C(N)=O)c(F)c1)N(C)C)c1cccnc1. The zero-order chi connectivity index (χ0) is 23.0. The van der Waals surface area contributed by atoms with Crippen molar-refractivity contribution < 1.29 is 14.0 Å². The van der Waals surface area contributed by atoms with Gasteiger partial charge in [-0.3, -0.25) is 14.6 Å². The Kier molecular flexibility index (Phi) is 9.12. The Morgan fingerprint density at radius 3 is 2.52 bits per heavy atom. The van der Waals surface area contributed by atoms with Crippen molar-refractivity contribution in [2.75, 3.05) is 20.6 Å². The zero-order valence-electron chi connectivity index (χ0n) is 18.8. The summed E-state index contributed by atoms with van der Waals surface area (Å²) in [5.41, 5.74) is 6.86. The topological polar surface area (TPSA) is 88.3 Å². The molecule has 7 heteroatoms. The van der Waals surface area contributed by atoms with E-state index in [-0.39, 0.29) is 23.4 Å². The molecule has 0 aliphatic rings. The van der Waals surface area contributed by atoms with E-state index in [0.29, 0.717) is 25.3 Å². The third kappa shape index (κ3) is 7.75. The van der Waals surface area contributed by atoms with Gasteiger partial charge >= 0.3 is 0 Å². The van der Waals surface area contributed by atoms with Gasteiger partial charge in [-0.1, -0.05) is 26.0 Å². The van der Waals surface area contributed by atoms with Crippen LogP contribution in [0.25, 0.3) is 0 Å². The second-order valence-corrected chi connectivity index (χ2v) is 8.62. The van der Waals surface area contributed by atoms with Crippen LogP contribution in [-0.4, -0.2) is 48.4 Å². The fourth-order valence-corrected chi connectivity index (χ4v) is 3.65. The summed E-state index contributed by atoms with van der Waals surface area (Å²) in [6.45, 7) is 4.73. The molecule has 1 heterocycles. The molecule has 0 aliphatic heterocycles. The van der Waals surface area contributed by atoms with Gasteiger partial charge in [0.25, 0.3) is 5.91 Å². The molecule has 168 valence electrons. The number of carbonyl (C=O) groups excluding carboxylic acids is 2. The van der Waals surface area contributed by atoms with Gasteiger partial charge in [0.1, 0.15) is 5.82 Å². The molecule has 0 radical (unpaired) electrons. The first kappa shape index (κ1) is 24.5. The van der Waals surface area contributed by atoms with Crippen LogP contribution >= 0.6 is 0 Å². The smallest absolute Gasteiger partial charge is 0.251 e. The normalized spacial score (nSPS) is 13.3. The summed E-state index contributed by atoms with van der Waals surface area (Å²) >= 11 is 0. The predicted octanol–water partition coefficient (Wildman–Crippen LogP) is 3.13. The summed E-state index contributed by atoms with van der Waals surface area (Å²) in [6.07, 6.45) is 5.39. The van der Waals surface area contributed by atoms with Crippen molar-refractivity contribution in [3.63, 3.8) is 0 Å². The third-order valence-electron chi connectivity index (χ3n) is 5.38. The van der Waals surface area contributed by atoms with Gasteiger partial charge in [0.2, 0.25) is 5.91 Å². The van der Waals surface area contributed by atoms with Crippen molar-refractivity contribution >= 4 is 11.8 Å². The Balaban J connectivity index is 1.99. The summed E-state index contributed by atoms with van der Waals surface area (Å²) in [5, 5.41) is 3.03. The van der Waals surface area contributed by atoms with Crippen molar-refractivity contribution in [1.82, 2.24) is 15.2 Å². The van der Waals surface area contributed by atoms with Crippen LogP contribution in [0.3, 0.4) is 0 Å². The first-order valence-electron chi connectivity index (χ1n) is 10.6. The molecule has 2 aromatic rings.